The van der Waals surface area contributed by atoms with Crippen LogP contribution in [0.2, 0.25) is 13.1 Å². The third kappa shape index (κ3) is 3.72. The first-order valence-electron chi connectivity index (χ1n) is 2.48. The van der Waals surface area contributed by atoms with Crippen molar-refractivity contribution in [3.63, 3.8) is 0 Å². The molecular formula is C4H8O4Si. The molecule has 0 aromatic carbocycles. The van der Waals surface area contributed by atoms with Crippen LogP contribution in [0.25, 0.3) is 0 Å². The first kappa shape index (κ1) is 8.16. The molecule has 0 aliphatic carbocycles. The third-order valence-corrected chi connectivity index (χ3v) is 1.20. The molecule has 9 heavy (non-hydrogen) atoms. The first-order chi connectivity index (χ1) is 4.04. The zero-order chi connectivity index (χ0) is 7.44. The van der Waals surface area contributed by atoms with Crippen LogP contribution in [-0.4, -0.2) is 26.1 Å². The second-order valence-electron chi connectivity index (χ2n) is 1.76. The number of rotatable bonds is 1. The molecule has 0 fully saturated rings. The van der Waals surface area contributed by atoms with E-state index in [4.69, 9.17) is 5.11 Å². The summed E-state index contributed by atoms with van der Waals surface area (Å²) in [6.07, 6.45) is 0. The Hall–Kier alpha value is -0.843. The van der Waals surface area contributed by atoms with E-state index in [0.29, 0.717) is 0 Å². The first-order valence-corrected chi connectivity index (χ1v) is 5.26. The number of hydrogen-bond acceptors (Lipinski definition) is 3. The lowest BCUT2D eigenvalue weighted by Gasteiger charge is -2.01. The van der Waals surface area contributed by atoms with E-state index in [1.165, 1.54) is 0 Å². The van der Waals surface area contributed by atoms with Gasteiger partial charge in [-0.2, -0.15) is 0 Å². The van der Waals surface area contributed by atoms with Gasteiger partial charge in [0.25, 0.3) is 0 Å². The summed E-state index contributed by atoms with van der Waals surface area (Å²) in [4.78, 5) is 19.9. The van der Waals surface area contributed by atoms with Crippen molar-refractivity contribution in [3.05, 3.63) is 0 Å². The Balaban J connectivity index is 3.65. The molecule has 52 valence electrons. The van der Waals surface area contributed by atoms with Crippen molar-refractivity contribution >= 4 is 21.0 Å². The Kier molecular flexibility index (Phi) is 2.93. The lowest BCUT2D eigenvalue weighted by molar-refractivity contribution is -0.158. The molecule has 4 nitrogen and oxygen atoms in total. The van der Waals surface area contributed by atoms with Gasteiger partial charge in [0.15, 0.2) is 0 Å². The fourth-order valence-electron chi connectivity index (χ4n) is 0.264. The molecule has 0 radical (unpaired) electrons. The van der Waals surface area contributed by atoms with Crippen LogP contribution in [0.4, 0.5) is 0 Å². The Morgan fingerprint density at radius 2 is 1.89 bits per heavy atom. The maximum absolute atomic E-state index is 10.2. The molecule has 0 amide bonds. The molecule has 0 bridgehead atoms. The van der Waals surface area contributed by atoms with Gasteiger partial charge in [-0.05, 0) is 13.1 Å². The van der Waals surface area contributed by atoms with E-state index in [-0.39, 0.29) is 0 Å². The Morgan fingerprint density at radius 3 is 2.00 bits per heavy atom. The van der Waals surface area contributed by atoms with Gasteiger partial charge in [-0.3, -0.25) is 0 Å². The van der Waals surface area contributed by atoms with Gasteiger partial charge < -0.3 is 9.53 Å². The number of carboxylic acid groups (broad SMARTS) is 1. The average molecular weight is 148 g/mol. The van der Waals surface area contributed by atoms with Crippen molar-refractivity contribution in [2.75, 3.05) is 0 Å². The van der Waals surface area contributed by atoms with Crippen LogP contribution in [0, 0.1) is 0 Å². The van der Waals surface area contributed by atoms with E-state index >= 15 is 0 Å². The zero-order valence-corrected chi connectivity index (χ0v) is 6.40. The maximum atomic E-state index is 10.2. The highest BCUT2D eigenvalue weighted by molar-refractivity contribution is 6.53. The standard InChI is InChI=1S/C4H8O4Si/c1-9(2)8-4(7)3(5)6/h9H,1-2H3,(H,5,6). The summed E-state index contributed by atoms with van der Waals surface area (Å²) in [6.45, 7) is 3.45. The predicted molar refractivity (Wildman–Crippen MR) is 32.6 cm³/mol. The van der Waals surface area contributed by atoms with E-state index in [1.807, 2.05) is 0 Å². The van der Waals surface area contributed by atoms with Gasteiger partial charge >= 0.3 is 11.9 Å². The molecule has 0 spiro atoms. The summed E-state index contributed by atoms with van der Waals surface area (Å²) in [5, 5.41) is 7.98. The largest absolute Gasteiger partial charge is 0.514 e. The zero-order valence-electron chi connectivity index (χ0n) is 5.25. The molecule has 0 aromatic rings. The van der Waals surface area contributed by atoms with E-state index in [1.54, 1.807) is 13.1 Å². The number of carboxylic acids is 1. The predicted octanol–water partition coefficient (Wildman–Crippen LogP) is -0.402. The molecule has 0 unspecified atom stereocenters. The van der Waals surface area contributed by atoms with Crippen molar-refractivity contribution in [2.45, 2.75) is 13.1 Å². The second kappa shape index (κ2) is 3.24. The number of carbonyl (C=O) groups is 2. The summed E-state index contributed by atoms with van der Waals surface area (Å²) < 4.78 is 4.41. The van der Waals surface area contributed by atoms with E-state index in [2.05, 4.69) is 4.43 Å². The second-order valence-corrected chi connectivity index (χ2v) is 4.09. The Morgan fingerprint density at radius 1 is 1.44 bits per heavy atom. The van der Waals surface area contributed by atoms with E-state index in [0.717, 1.165) is 0 Å². The molecule has 0 atom stereocenters. The summed E-state index contributed by atoms with van der Waals surface area (Å²) in [5.41, 5.74) is 0. The molecule has 1 N–H and O–H groups in total. The van der Waals surface area contributed by atoms with Crippen LogP contribution in [-0.2, 0) is 14.0 Å². The fourth-order valence-corrected chi connectivity index (χ4v) is 0.793. The molecule has 0 saturated heterocycles. The van der Waals surface area contributed by atoms with Gasteiger partial charge in [0.1, 0.15) is 0 Å². The smallest absolute Gasteiger partial charge is 0.413 e. The van der Waals surface area contributed by atoms with Crippen LogP contribution >= 0.6 is 0 Å². The average Bonchev–Trinajstić information content (AvgIpc) is 1.63. The minimum atomic E-state index is -1.52. The quantitative estimate of drug-likeness (QED) is 0.406. The fraction of sp³-hybridized carbons (Fsp3) is 0.500. The van der Waals surface area contributed by atoms with E-state index in [9.17, 15) is 9.59 Å². The van der Waals surface area contributed by atoms with Gasteiger partial charge in [-0.1, -0.05) is 0 Å². The third-order valence-electron chi connectivity index (χ3n) is 0.517. The Labute approximate surface area is 54.2 Å². The SMILES string of the molecule is C[SiH](C)OC(=O)C(=O)O. The van der Waals surface area contributed by atoms with Crippen molar-refractivity contribution < 1.29 is 19.1 Å². The highest BCUT2D eigenvalue weighted by Gasteiger charge is 2.13. The number of hydrogen-bond donors (Lipinski definition) is 1. The van der Waals surface area contributed by atoms with Crippen molar-refractivity contribution in [3.8, 4) is 0 Å². The van der Waals surface area contributed by atoms with Crippen LogP contribution in [0.5, 0.6) is 0 Å². The van der Waals surface area contributed by atoms with Gasteiger partial charge in [-0.25, -0.2) is 9.59 Å². The summed E-state index contributed by atoms with van der Waals surface area (Å²) in [6, 6.07) is 0. The number of aliphatic carboxylic acids is 1. The molecule has 0 aliphatic rings. The summed E-state index contributed by atoms with van der Waals surface area (Å²) >= 11 is 0. The van der Waals surface area contributed by atoms with Crippen molar-refractivity contribution in [1.82, 2.24) is 0 Å². The lowest BCUT2D eigenvalue weighted by Crippen LogP contribution is -2.22. The number of carbonyl (C=O) groups excluding carboxylic acids is 1. The lowest BCUT2D eigenvalue weighted by atomic mass is 10.7. The Bertz CT molecular complexity index is 131. The summed E-state index contributed by atoms with van der Waals surface area (Å²) in [7, 11) is -1.51. The highest BCUT2D eigenvalue weighted by Crippen LogP contribution is 1.84. The van der Waals surface area contributed by atoms with Gasteiger partial charge in [0, 0.05) is 0 Å². The molecule has 5 heteroatoms. The van der Waals surface area contributed by atoms with Gasteiger partial charge in [0.05, 0.1) is 0 Å². The normalized spacial score (nSPS) is 9.22. The van der Waals surface area contributed by atoms with Crippen molar-refractivity contribution in [2.24, 2.45) is 0 Å². The molecule has 0 aliphatic heterocycles. The molecule has 0 aromatic heterocycles. The minimum absolute atomic E-state index is 1.14. The van der Waals surface area contributed by atoms with E-state index < -0.39 is 21.0 Å². The van der Waals surface area contributed by atoms with Crippen molar-refractivity contribution in [1.29, 1.82) is 0 Å². The monoisotopic (exact) mass is 148 g/mol. The topological polar surface area (TPSA) is 63.6 Å². The van der Waals surface area contributed by atoms with Crippen LogP contribution in [0.1, 0.15) is 0 Å². The van der Waals surface area contributed by atoms with Gasteiger partial charge in [-0.15, -0.1) is 0 Å². The molecule has 0 heterocycles. The highest BCUT2D eigenvalue weighted by atomic mass is 28.3. The molecular weight excluding hydrogens is 140 g/mol. The van der Waals surface area contributed by atoms with Gasteiger partial charge in [0.2, 0.25) is 9.04 Å². The summed E-state index contributed by atoms with van der Waals surface area (Å²) in [5.74, 6) is -2.66. The molecule has 0 rings (SSSR count). The molecule has 0 saturated carbocycles. The van der Waals surface area contributed by atoms with Crippen LogP contribution in [0.3, 0.4) is 0 Å². The minimum Gasteiger partial charge on any atom is -0.514 e. The maximum Gasteiger partial charge on any atom is 0.413 e. The van der Waals surface area contributed by atoms with Crippen LogP contribution in [0.15, 0.2) is 0 Å². The van der Waals surface area contributed by atoms with Crippen LogP contribution < -0.4 is 0 Å².